The summed E-state index contributed by atoms with van der Waals surface area (Å²) < 4.78 is 40.0. The van der Waals surface area contributed by atoms with Crippen molar-refractivity contribution in [1.82, 2.24) is 10.2 Å². The Balaban J connectivity index is 1.98. The zero-order valence-corrected chi connectivity index (χ0v) is 16.9. The van der Waals surface area contributed by atoms with E-state index in [2.05, 4.69) is 10.1 Å². The summed E-state index contributed by atoms with van der Waals surface area (Å²) in [6, 6.07) is 11.8. The highest BCUT2D eigenvalue weighted by atomic mass is 19.3. The molecule has 0 aromatic heterocycles. The third-order valence-electron chi connectivity index (χ3n) is 4.56. The largest absolute Gasteiger partial charge is 0.496 e. The summed E-state index contributed by atoms with van der Waals surface area (Å²) in [5.74, 6) is 0.732. The van der Waals surface area contributed by atoms with Crippen molar-refractivity contribution in [2.75, 3.05) is 21.3 Å². The van der Waals surface area contributed by atoms with Crippen LogP contribution in [-0.4, -0.2) is 44.7 Å². The number of rotatable bonds is 10. The molecule has 0 saturated carbocycles. The first-order valence-electron chi connectivity index (χ1n) is 9.07. The third-order valence-corrected chi connectivity index (χ3v) is 4.56. The molecule has 0 fully saturated rings. The van der Waals surface area contributed by atoms with Crippen molar-refractivity contribution in [3.8, 4) is 17.2 Å². The molecular weight excluding hydrogens is 382 g/mol. The molecule has 6 nitrogen and oxygen atoms in total. The molecule has 0 saturated heterocycles. The second kappa shape index (κ2) is 10.6. The van der Waals surface area contributed by atoms with Crippen molar-refractivity contribution < 1.29 is 27.8 Å². The predicted molar refractivity (Wildman–Crippen MR) is 105 cm³/mol. The van der Waals surface area contributed by atoms with Gasteiger partial charge in [-0.25, -0.2) is 0 Å². The van der Waals surface area contributed by atoms with Crippen LogP contribution in [0.4, 0.5) is 8.78 Å². The van der Waals surface area contributed by atoms with E-state index in [0.717, 1.165) is 5.56 Å². The molecule has 1 amide bonds. The highest BCUT2D eigenvalue weighted by Crippen LogP contribution is 2.30. The molecule has 0 radical (unpaired) electrons. The van der Waals surface area contributed by atoms with Crippen LogP contribution < -0.4 is 19.5 Å². The van der Waals surface area contributed by atoms with E-state index in [1.165, 1.54) is 13.2 Å². The van der Waals surface area contributed by atoms with Gasteiger partial charge in [0.1, 0.15) is 5.75 Å². The molecule has 0 bridgehead atoms. The monoisotopic (exact) mass is 408 g/mol. The minimum atomic E-state index is -2.95. The number of methoxy groups -OCH3 is 2. The number of hydrogen-bond donors (Lipinski definition) is 1. The van der Waals surface area contributed by atoms with Crippen LogP contribution in [0.1, 0.15) is 18.1 Å². The Labute approximate surface area is 169 Å². The van der Waals surface area contributed by atoms with E-state index in [1.807, 2.05) is 29.2 Å². The number of halogens is 2. The predicted octanol–water partition coefficient (Wildman–Crippen LogP) is 3.44. The van der Waals surface area contributed by atoms with Crippen LogP contribution in [0.3, 0.4) is 0 Å². The van der Waals surface area contributed by atoms with Gasteiger partial charge in [0, 0.05) is 18.7 Å². The number of likely N-dealkylation sites (N-methyl/N-ethyl adjacent to an activating group) is 1. The average Bonchev–Trinajstić information content (AvgIpc) is 2.71. The van der Waals surface area contributed by atoms with E-state index in [-0.39, 0.29) is 17.4 Å². The minimum Gasteiger partial charge on any atom is -0.496 e. The second-order valence-electron chi connectivity index (χ2n) is 6.48. The lowest BCUT2D eigenvalue weighted by Gasteiger charge is -2.24. The number of nitrogens with one attached hydrogen (secondary N) is 1. The van der Waals surface area contributed by atoms with Gasteiger partial charge in [0.15, 0.2) is 11.5 Å². The minimum absolute atomic E-state index is 0.0401. The SMILES string of the molecule is COc1ccccc1CNC(=O)C(C)N(C)Cc1ccc(OC)c(OC(F)F)c1. The molecule has 0 aliphatic heterocycles. The quantitative estimate of drug-likeness (QED) is 0.653. The fourth-order valence-corrected chi connectivity index (χ4v) is 2.81. The van der Waals surface area contributed by atoms with E-state index in [0.29, 0.717) is 24.4 Å². The van der Waals surface area contributed by atoms with Gasteiger partial charge in [-0.15, -0.1) is 0 Å². The molecule has 8 heteroatoms. The van der Waals surface area contributed by atoms with Crippen LogP contribution in [0, 0.1) is 0 Å². The van der Waals surface area contributed by atoms with Gasteiger partial charge in [0.25, 0.3) is 0 Å². The van der Waals surface area contributed by atoms with Gasteiger partial charge in [-0.05, 0) is 37.7 Å². The number of hydrogen-bond acceptors (Lipinski definition) is 5. The maximum atomic E-state index is 12.6. The van der Waals surface area contributed by atoms with Crippen molar-refractivity contribution >= 4 is 5.91 Å². The van der Waals surface area contributed by atoms with Gasteiger partial charge in [0.2, 0.25) is 5.91 Å². The van der Waals surface area contributed by atoms with Gasteiger partial charge in [-0.2, -0.15) is 8.78 Å². The molecule has 0 heterocycles. The number of amides is 1. The smallest absolute Gasteiger partial charge is 0.387 e. The molecule has 2 aromatic carbocycles. The number of para-hydroxylation sites is 1. The number of carbonyl (C=O) groups excluding carboxylic acids is 1. The molecule has 0 aliphatic rings. The maximum absolute atomic E-state index is 12.6. The molecule has 0 spiro atoms. The van der Waals surface area contributed by atoms with Crippen molar-refractivity contribution in [3.63, 3.8) is 0 Å². The summed E-state index contributed by atoms with van der Waals surface area (Å²) in [5, 5.41) is 2.89. The topological polar surface area (TPSA) is 60.0 Å². The van der Waals surface area contributed by atoms with E-state index in [1.54, 1.807) is 33.2 Å². The van der Waals surface area contributed by atoms with Gasteiger partial charge in [-0.1, -0.05) is 24.3 Å². The first-order valence-corrected chi connectivity index (χ1v) is 9.07. The van der Waals surface area contributed by atoms with Crippen LogP contribution in [0.2, 0.25) is 0 Å². The first kappa shape index (κ1) is 22.4. The van der Waals surface area contributed by atoms with Crippen LogP contribution >= 0.6 is 0 Å². The Morgan fingerprint density at radius 1 is 1.07 bits per heavy atom. The van der Waals surface area contributed by atoms with Gasteiger partial charge in [0.05, 0.1) is 20.3 Å². The number of nitrogens with zero attached hydrogens (tertiary/aromatic N) is 1. The van der Waals surface area contributed by atoms with Crippen LogP contribution in [-0.2, 0) is 17.9 Å². The molecule has 158 valence electrons. The lowest BCUT2D eigenvalue weighted by atomic mass is 10.1. The summed E-state index contributed by atoms with van der Waals surface area (Å²) in [5.41, 5.74) is 1.59. The van der Waals surface area contributed by atoms with Gasteiger partial charge < -0.3 is 19.5 Å². The Bertz CT molecular complexity index is 817. The molecule has 2 aromatic rings. The van der Waals surface area contributed by atoms with Crippen LogP contribution in [0.25, 0.3) is 0 Å². The summed E-state index contributed by atoms with van der Waals surface area (Å²) >= 11 is 0. The summed E-state index contributed by atoms with van der Waals surface area (Å²) in [6.45, 7) is -0.461. The highest BCUT2D eigenvalue weighted by molar-refractivity contribution is 5.81. The highest BCUT2D eigenvalue weighted by Gasteiger charge is 2.19. The van der Waals surface area contributed by atoms with Crippen molar-refractivity contribution in [2.24, 2.45) is 0 Å². The molecule has 1 N–H and O–H groups in total. The van der Waals surface area contributed by atoms with Gasteiger partial charge >= 0.3 is 6.61 Å². The zero-order chi connectivity index (χ0) is 21.4. The first-order chi connectivity index (χ1) is 13.8. The molecule has 2 rings (SSSR count). The Hall–Kier alpha value is -2.87. The Kier molecular flexibility index (Phi) is 8.21. The van der Waals surface area contributed by atoms with Crippen molar-refractivity contribution in [2.45, 2.75) is 32.7 Å². The standard InChI is InChI=1S/C21H26F2N2O4/c1-14(20(26)24-12-16-7-5-6-8-17(16)27-3)25(2)13-15-9-10-18(28-4)19(11-15)29-21(22)23/h5-11,14,21H,12-13H2,1-4H3,(H,24,26). The van der Waals surface area contributed by atoms with E-state index >= 15 is 0 Å². The van der Waals surface area contributed by atoms with E-state index in [9.17, 15) is 13.6 Å². The van der Waals surface area contributed by atoms with Crippen molar-refractivity contribution in [1.29, 1.82) is 0 Å². The molecule has 29 heavy (non-hydrogen) atoms. The number of carbonyl (C=O) groups is 1. The second-order valence-corrected chi connectivity index (χ2v) is 6.48. The molecule has 0 aliphatic carbocycles. The lowest BCUT2D eigenvalue weighted by molar-refractivity contribution is -0.125. The maximum Gasteiger partial charge on any atom is 0.387 e. The van der Waals surface area contributed by atoms with Gasteiger partial charge in [-0.3, -0.25) is 9.69 Å². The number of ether oxygens (including phenoxy) is 3. The fraction of sp³-hybridized carbons (Fsp3) is 0.381. The zero-order valence-electron chi connectivity index (χ0n) is 16.9. The van der Waals surface area contributed by atoms with E-state index in [4.69, 9.17) is 9.47 Å². The molecule has 1 unspecified atom stereocenters. The normalized spacial score (nSPS) is 12.0. The third kappa shape index (κ3) is 6.32. The average molecular weight is 408 g/mol. The number of alkyl halides is 2. The number of benzene rings is 2. The molecule has 1 atom stereocenters. The summed E-state index contributed by atoms with van der Waals surface area (Å²) in [4.78, 5) is 14.3. The van der Waals surface area contributed by atoms with E-state index < -0.39 is 12.7 Å². The Morgan fingerprint density at radius 3 is 2.41 bits per heavy atom. The lowest BCUT2D eigenvalue weighted by Crippen LogP contribution is -2.42. The fourth-order valence-electron chi connectivity index (χ4n) is 2.81. The summed E-state index contributed by atoms with van der Waals surface area (Å²) in [7, 11) is 4.75. The molecular formula is C21H26F2N2O4. The van der Waals surface area contributed by atoms with Crippen LogP contribution in [0.5, 0.6) is 17.2 Å². The summed E-state index contributed by atoms with van der Waals surface area (Å²) in [6.07, 6.45) is 0. The van der Waals surface area contributed by atoms with Crippen molar-refractivity contribution in [3.05, 3.63) is 53.6 Å². The van der Waals surface area contributed by atoms with Crippen LogP contribution in [0.15, 0.2) is 42.5 Å². The Morgan fingerprint density at radius 2 is 1.76 bits per heavy atom.